The van der Waals surface area contributed by atoms with Gasteiger partial charge in [0.05, 0.1) is 6.61 Å². The van der Waals surface area contributed by atoms with Gasteiger partial charge >= 0.3 is 5.97 Å². The zero-order valence-electron chi connectivity index (χ0n) is 20.6. The predicted molar refractivity (Wildman–Crippen MR) is 140 cm³/mol. The summed E-state index contributed by atoms with van der Waals surface area (Å²) >= 11 is 0. The fraction of sp³-hybridized carbons (Fsp3) is 0.333. The van der Waals surface area contributed by atoms with Crippen LogP contribution in [0.1, 0.15) is 42.4 Å². The van der Waals surface area contributed by atoms with E-state index in [-0.39, 0.29) is 24.8 Å². The van der Waals surface area contributed by atoms with Gasteiger partial charge in [0.25, 0.3) is 0 Å². The first-order valence-corrected chi connectivity index (χ1v) is 12.5. The summed E-state index contributed by atoms with van der Waals surface area (Å²) in [5, 5.41) is 12.1. The number of aliphatic carboxylic acids is 1. The van der Waals surface area contributed by atoms with Gasteiger partial charge in [-0.2, -0.15) is 0 Å². The Kier molecular flexibility index (Phi) is 11.5. The monoisotopic (exact) mass is 489 g/mol. The summed E-state index contributed by atoms with van der Waals surface area (Å²) in [6.45, 7) is 1.44. The molecule has 0 saturated carbocycles. The Labute approximate surface area is 213 Å². The average molecular weight is 490 g/mol. The van der Waals surface area contributed by atoms with Gasteiger partial charge in [-0.15, -0.1) is 0 Å². The lowest BCUT2D eigenvalue weighted by Gasteiger charge is -2.19. The van der Waals surface area contributed by atoms with Crippen molar-refractivity contribution in [1.29, 1.82) is 0 Å². The number of carbonyl (C=O) groups is 2. The third-order valence-electron chi connectivity index (χ3n) is 5.80. The van der Waals surface area contributed by atoms with Crippen molar-refractivity contribution in [1.82, 2.24) is 5.32 Å². The lowest BCUT2D eigenvalue weighted by Crippen LogP contribution is -2.37. The van der Waals surface area contributed by atoms with Gasteiger partial charge < -0.3 is 19.9 Å². The van der Waals surface area contributed by atoms with Crippen LogP contribution in [0.2, 0.25) is 0 Å². The molecule has 1 amide bonds. The number of aryl methyl sites for hydroxylation is 1. The normalized spacial score (nSPS) is 11.6. The number of hydrogen-bond acceptors (Lipinski definition) is 4. The van der Waals surface area contributed by atoms with Gasteiger partial charge in [-0.1, -0.05) is 72.8 Å². The number of carboxylic acids is 1. The summed E-state index contributed by atoms with van der Waals surface area (Å²) in [6, 6.07) is 27.6. The van der Waals surface area contributed by atoms with E-state index in [9.17, 15) is 9.59 Å². The first kappa shape index (κ1) is 27.0. The molecule has 3 aromatic carbocycles. The van der Waals surface area contributed by atoms with Crippen LogP contribution in [0.3, 0.4) is 0 Å². The second-order valence-corrected chi connectivity index (χ2v) is 8.77. The number of carbonyl (C=O) groups excluding carboxylic acids is 1. The van der Waals surface area contributed by atoms with E-state index in [0.717, 1.165) is 29.7 Å². The van der Waals surface area contributed by atoms with Crippen LogP contribution in [0.25, 0.3) is 0 Å². The van der Waals surface area contributed by atoms with Gasteiger partial charge in [0.15, 0.2) is 0 Å². The summed E-state index contributed by atoms with van der Waals surface area (Å²) in [7, 11) is 0. The summed E-state index contributed by atoms with van der Waals surface area (Å²) < 4.78 is 11.5. The molecular formula is C30H35NO5. The first-order valence-electron chi connectivity index (χ1n) is 12.5. The van der Waals surface area contributed by atoms with Crippen LogP contribution in [0.5, 0.6) is 5.75 Å². The van der Waals surface area contributed by atoms with Gasteiger partial charge in [-0.25, -0.2) is 0 Å². The van der Waals surface area contributed by atoms with E-state index in [2.05, 4.69) is 17.4 Å². The largest absolute Gasteiger partial charge is 0.489 e. The van der Waals surface area contributed by atoms with E-state index in [4.69, 9.17) is 14.6 Å². The fourth-order valence-corrected chi connectivity index (χ4v) is 3.86. The molecular weight excluding hydrogens is 454 g/mol. The fourth-order valence-electron chi connectivity index (χ4n) is 3.86. The third-order valence-corrected chi connectivity index (χ3v) is 5.80. The number of carboxylic acid groups (broad SMARTS) is 1. The van der Waals surface area contributed by atoms with E-state index in [1.165, 1.54) is 5.56 Å². The Balaban J connectivity index is 1.40. The molecule has 0 radical (unpaired) electrons. The molecule has 6 heteroatoms. The van der Waals surface area contributed by atoms with Crippen LogP contribution >= 0.6 is 0 Å². The molecule has 36 heavy (non-hydrogen) atoms. The number of ether oxygens (including phenoxy) is 2. The lowest BCUT2D eigenvalue weighted by molar-refractivity contribution is -0.137. The van der Waals surface area contributed by atoms with Crippen molar-refractivity contribution in [2.75, 3.05) is 13.2 Å². The SMILES string of the molecule is O=C(O)CC[C@@H](Cc1ccc(OCc2ccccc2)cc1)NC(=O)CCOCCCc1ccccc1. The van der Waals surface area contributed by atoms with Crippen LogP contribution < -0.4 is 10.1 Å². The highest BCUT2D eigenvalue weighted by molar-refractivity contribution is 5.76. The van der Waals surface area contributed by atoms with E-state index >= 15 is 0 Å². The quantitative estimate of drug-likeness (QED) is 0.270. The number of benzene rings is 3. The molecule has 0 unspecified atom stereocenters. The molecule has 2 N–H and O–H groups in total. The second-order valence-electron chi connectivity index (χ2n) is 8.77. The van der Waals surface area contributed by atoms with Crippen LogP contribution in [0.4, 0.5) is 0 Å². The molecule has 190 valence electrons. The zero-order chi connectivity index (χ0) is 25.4. The summed E-state index contributed by atoms with van der Waals surface area (Å²) in [6.07, 6.45) is 3.01. The maximum Gasteiger partial charge on any atom is 0.303 e. The third kappa shape index (κ3) is 10.7. The Morgan fingerprint density at radius 1 is 0.778 bits per heavy atom. The molecule has 0 aromatic heterocycles. The topological polar surface area (TPSA) is 84.9 Å². The minimum Gasteiger partial charge on any atom is -0.489 e. The Hall–Kier alpha value is -3.64. The highest BCUT2D eigenvalue weighted by Gasteiger charge is 2.15. The summed E-state index contributed by atoms with van der Waals surface area (Å²) in [4.78, 5) is 23.6. The molecule has 1 atom stereocenters. The van der Waals surface area contributed by atoms with E-state index in [1.54, 1.807) is 0 Å². The Bertz CT molecular complexity index is 1040. The predicted octanol–water partition coefficient (Wildman–Crippen LogP) is 5.20. The van der Waals surface area contributed by atoms with Gasteiger partial charge in [0, 0.05) is 25.5 Å². The van der Waals surface area contributed by atoms with Crippen molar-refractivity contribution in [3.05, 3.63) is 102 Å². The maximum atomic E-state index is 12.5. The average Bonchev–Trinajstić information content (AvgIpc) is 2.90. The number of rotatable bonds is 16. The molecule has 3 rings (SSSR count). The number of hydrogen-bond donors (Lipinski definition) is 2. The molecule has 0 saturated heterocycles. The van der Waals surface area contributed by atoms with Crippen LogP contribution in [0.15, 0.2) is 84.9 Å². The Morgan fingerprint density at radius 3 is 2.11 bits per heavy atom. The molecule has 0 aliphatic carbocycles. The zero-order valence-corrected chi connectivity index (χ0v) is 20.6. The van der Waals surface area contributed by atoms with Crippen molar-refractivity contribution < 1.29 is 24.2 Å². The van der Waals surface area contributed by atoms with Crippen LogP contribution in [-0.4, -0.2) is 36.2 Å². The van der Waals surface area contributed by atoms with Crippen molar-refractivity contribution in [2.45, 2.75) is 51.2 Å². The van der Waals surface area contributed by atoms with Gasteiger partial charge in [-0.3, -0.25) is 9.59 Å². The molecule has 0 aliphatic rings. The molecule has 0 spiro atoms. The van der Waals surface area contributed by atoms with Crippen molar-refractivity contribution in [3.8, 4) is 5.75 Å². The van der Waals surface area contributed by atoms with E-state index in [1.807, 2.05) is 72.8 Å². The molecule has 0 aliphatic heterocycles. The van der Waals surface area contributed by atoms with E-state index < -0.39 is 5.97 Å². The van der Waals surface area contributed by atoms with Gasteiger partial charge in [-0.05, 0) is 54.5 Å². The molecule has 0 heterocycles. The van der Waals surface area contributed by atoms with Crippen molar-refractivity contribution in [3.63, 3.8) is 0 Å². The number of nitrogens with one attached hydrogen (secondary N) is 1. The summed E-state index contributed by atoms with van der Waals surface area (Å²) in [5.41, 5.74) is 3.38. The molecule has 0 fully saturated rings. The highest BCUT2D eigenvalue weighted by atomic mass is 16.5. The molecule has 6 nitrogen and oxygen atoms in total. The second kappa shape index (κ2) is 15.4. The van der Waals surface area contributed by atoms with Crippen molar-refractivity contribution >= 4 is 11.9 Å². The van der Waals surface area contributed by atoms with Gasteiger partial charge in [0.2, 0.25) is 5.91 Å². The smallest absolute Gasteiger partial charge is 0.303 e. The standard InChI is InChI=1S/C30H35NO5/c32-29(19-21-35-20-7-12-24-8-3-1-4-9-24)31-27(15-18-30(33)34)22-25-13-16-28(17-14-25)36-23-26-10-5-2-6-11-26/h1-6,8-11,13-14,16-17,27H,7,12,15,18-23H2,(H,31,32)(H,33,34)/t27-/m0/s1. The minimum absolute atomic E-state index is 0.000791. The lowest BCUT2D eigenvalue weighted by atomic mass is 10.0. The first-order chi connectivity index (χ1) is 17.6. The van der Waals surface area contributed by atoms with Crippen molar-refractivity contribution in [2.24, 2.45) is 0 Å². The highest BCUT2D eigenvalue weighted by Crippen LogP contribution is 2.16. The van der Waals surface area contributed by atoms with Crippen LogP contribution in [0, 0.1) is 0 Å². The van der Waals surface area contributed by atoms with E-state index in [0.29, 0.717) is 32.7 Å². The Morgan fingerprint density at radius 2 is 1.44 bits per heavy atom. The van der Waals surface area contributed by atoms with Gasteiger partial charge in [0.1, 0.15) is 12.4 Å². The summed E-state index contributed by atoms with van der Waals surface area (Å²) in [5.74, 6) is -0.241. The maximum absolute atomic E-state index is 12.5. The minimum atomic E-state index is -0.874. The van der Waals surface area contributed by atoms with Crippen LogP contribution in [-0.2, 0) is 33.8 Å². The molecule has 0 bridgehead atoms. The molecule has 3 aromatic rings. The number of amides is 1.